The normalized spacial score (nSPS) is 10.5. The van der Waals surface area contributed by atoms with Gasteiger partial charge in [0.2, 0.25) is 0 Å². The average Bonchev–Trinajstić information content (AvgIpc) is 2.25. The van der Waals surface area contributed by atoms with Gasteiger partial charge in [-0.1, -0.05) is 27.7 Å². The second-order valence-electron chi connectivity index (χ2n) is 3.95. The molecule has 0 fully saturated rings. The summed E-state index contributed by atoms with van der Waals surface area (Å²) in [6.07, 6.45) is 4.06. The molecule has 0 aliphatic carbocycles. The summed E-state index contributed by atoms with van der Waals surface area (Å²) in [4.78, 5) is 13.8. The highest BCUT2D eigenvalue weighted by Gasteiger charge is 2.14. The third kappa shape index (κ3) is 5.65. The summed E-state index contributed by atoms with van der Waals surface area (Å²) in [6, 6.07) is 0.432. The molecule has 0 aromatic rings. The zero-order valence-electron chi connectivity index (χ0n) is 10.7. The zero-order valence-corrected chi connectivity index (χ0v) is 10.7. The molecule has 0 spiro atoms. The number of amides is 2. The Hall–Kier alpha value is -0.730. The number of nitrogens with one attached hydrogen (secondary N) is 1. The van der Waals surface area contributed by atoms with E-state index in [2.05, 4.69) is 33.0 Å². The van der Waals surface area contributed by atoms with Crippen molar-refractivity contribution in [1.82, 2.24) is 10.2 Å². The molecule has 2 amide bonds. The molecule has 0 saturated heterocycles. The SMILES string of the molecule is CCCN(CCC)C(=O)NC(CC)CC. The molecular weight excluding hydrogens is 188 g/mol. The van der Waals surface area contributed by atoms with E-state index in [1.165, 1.54) is 0 Å². The number of urea groups is 1. The van der Waals surface area contributed by atoms with Gasteiger partial charge in [0.05, 0.1) is 0 Å². The Morgan fingerprint density at radius 3 is 1.87 bits per heavy atom. The second kappa shape index (κ2) is 8.57. The summed E-state index contributed by atoms with van der Waals surface area (Å²) in [5, 5.41) is 3.07. The number of nitrogens with zero attached hydrogens (tertiary/aromatic N) is 1. The fourth-order valence-corrected chi connectivity index (χ4v) is 1.61. The Morgan fingerprint density at radius 1 is 1.07 bits per heavy atom. The van der Waals surface area contributed by atoms with Crippen molar-refractivity contribution in [1.29, 1.82) is 0 Å². The topological polar surface area (TPSA) is 32.3 Å². The van der Waals surface area contributed by atoms with Crippen molar-refractivity contribution in [3.63, 3.8) is 0 Å². The Bertz CT molecular complexity index is 161. The zero-order chi connectivity index (χ0) is 11.7. The van der Waals surface area contributed by atoms with Crippen LogP contribution in [0.3, 0.4) is 0 Å². The monoisotopic (exact) mass is 214 g/mol. The maximum Gasteiger partial charge on any atom is 0.317 e. The van der Waals surface area contributed by atoms with Gasteiger partial charge in [-0.2, -0.15) is 0 Å². The molecule has 0 bridgehead atoms. The summed E-state index contributed by atoms with van der Waals surface area (Å²) in [5.74, 6) is 0. The van der Waals surface area contributed by atoms with Gasteiger partial charge in [0, 0.05) is 19.1 Å². The van der Waals surface area contributed by atoms with E-state index >= 15 is 0 Å². The minimum atomic E-state index is 0.104. The van der Waals surface area contributed by atoms with Gasteiger partial charge in [0.25, 0.3) is 0 Å². The summed E-state index contributed by atoms with van der Waals surface area (Å²) in [6.45, 7) is 10.1. The van der Waals surface area contributed by atoms with Crippen molar-refractivity contribution in [2.24, 2.45) is 0 Å². The van der Waals surface area contributed by atoms with Gasteiger partial charge in [0.15, 0.2) is 0 Å². The van der Waals surface area contributed by atoms with Gasteiger partial charge in [0.1, 0.15) is 0 Å². The van der Waals surface area contributed by atoms with Crippen LogP contribution >= 0.6 is 0 Å². The lowest BCUT2D eigenvalue weighted by atomic mass is 10.2. The van der Waals surface area contributed by atoms with Crippen molar-refractivity contribution in [3.05, 3.63) is 0 Å². The van der Waals surface area contributed by atoms with E-state index in [-0.39, 0.29) is 6.03 Å². The number of rotatable bonds is 7. The molecule has 0 heterocycles. The van der Waals surface area contributed by atoms with Crippen molar-refractivity contribution in [3.8, 4) is 0 Å². The second-order valence-corrected chi connectivity index (χ2v) is 3.95. The first-order chi connectivity index (χ1) is 7.19. The highest BCUT2D eigenvalue weighted by molar-refractivity contribution is 5.74. The van der Waals surface area contributed by atoms with Gasteiger partial charge in [-0.15, -0.1) is 0 Å². The molecule has 0 aliphatic rings. The molecule has 0 atom stereocenters. The molecule has 0 radical (unpaired) electrons. The Morgan fingerprint density at radius 2 is 1.53 bits per heavy atom. The summed E-state index contributed by atoms with van der Waals surface area (Å²) in [5.41, 5.74) is 0. The molecule has 15 heavy (non-hydrogen) atoms. The van der Waals surface area contributed by atoms with Crippen LogP contribution in [0.2, 0.25) is 0 Å². The lowest BCUT2D eigenvalue weighted by Crippen LogP contribution is -2.45. The largest absolute Gasteiger partial charge is 0.335 e. The number of carbonyl (C=O) groups is 1. The van der Waals surface area contributed by atoms with Crippen LogP contribution in [0.15, 0.2) is 0 Å². The van der Waals surface area contributed by atoms with Crippen molar-refractivity contribution >= 4 is 6.03 Å². The van der Waals surface area contributed by atoms with Crippen LogP contribution in [-0.4, -0.2) is 30.1 Å². The maximum absolute atomic E-state index is 11.9. The molecule has 0 unspecified atom stereocenters. The van der Waals surface area contributed by atoms with Gasteiger partial charge < -0.3 is 10.2 Å². The van der Waals surface area contributed by atoms with E-state index < -0.39 is 0 Å². The smallest absolute Gasteiger partial charge is 0.317 e. The minimum absolute atomic E-state index is 0.104. The molecule has 0 aromatic carbocycles. The minimum Gasteiger partial charge on any atom is -0.335 e. The van der Waals surface area contributed by atoms with Crippen LogP contribution in [0.1, 0.15) is 53.4 Å². The Labute approximate surface area is 94.2 Å². The van der Waals surface area contributed by atoms with Crippen molar-refractivity contribution in [2.75, 3.05) is 13.1 Å². The number of hydrogen-bond donors (Lipinski definition) is 1. The molecular formula is C12H26N2O. The standard InChI is InChI=1S/C12H26N2O/c1-5-9-14(10-6-2)12(15)13-11(7-3)8-4/h11H,5-10H2,1-4H3,(H,13,15). The van der Waals surface area contributed by atoms with Gasteiger partial charge >= 0.3 is 6.03 Å². The average molecular weight is 214 g/mol. The van der Waals surface area contributed by atoms with Crippen molar-refractivity contribution in [2.45, 2.75) is 59.4 Å². The lowest BCUT2D eigenvalue weighted by molar-refractivity contribution is 0.193. The molecule has 3 nitrogen and oxygen atoms in total. The van der Waals surface area contributed by atoms with Gasteiger partial charge in [-0.25, -0.2) is 4.79 Å². The third-order valence-corrected chi connectivity index (χ3v) is 2.59. The van der Waals surface area contributed by atoms with Gasteiger partial charge in [-0.05, 0) is 25.7 Å². The van der Waals surface area contributed by atoms with E-state index in [1.807, 2.05) is 4.90 Å². The summed E-state index contributed by atoms with van der Waals surface area (Å²) >= 11 is 0. The molecule has 0 saturated carbocycles. The number of carbonyl (C=O) groups excluding carboxylic acids is 1. The Kier molecular flexibility index (Phi) is 8.15. The molecule has 0 aliphatic heterocycles. The van der Waals surface area contributed by atoms with Crippen LogP contribution in [0.4, 0.5) is 4.79 Å². The third-order valence-electron chi connectivity index (χ3n) is 2.59. The van der Waals surface area contributed by atoms with Crippen LogP contribution in [-0.2, 0) is 0 Å². The van der Waals surface area contributed by atoms with E-state index in [4.69, 9.17) is 0 Å². The van der Waals surface area contributed by atoms with Crippen LogP contribution < -0.4 is 5.32 Å². The first-order valence-corrected chi connectivity index (χ1v) is 6.24. The lowest BCUT2D eigenvalue weighted by Gasteiger charge is -2.25. The van der Waals surface area contributed by atoms with E-state index in [0.29, 0.717) is 6.04 Å². The quantitative estimate of drug-likeness (QED) is 0.694. The maximum atomic E-state index is 11.9. The fraction of sp³-hybridized carbons (Fsp3) is 0.917. The predicted molar refractivity (Wildman–Crippen MR) is 65.1 cm³/mol. The molecule has 90 valence electrons. The molecule has 0 rings (SSSR count). The summed E-state index contributed by atoms with van der Waals surface area (Å²) < 4.78 is 0. The van der Waals surface area contributed by atoms with Crippen LogP contribution in [0, 0.1) is 0 Å². The first kappa shape index (κ1) is 14.3. The molecule has 1 N–H and O–H groups in total. The summed E-state index contributed by atoms with van der Waals surface area (Å²) in [7, 11) is 0. The van der Waals surface area contributed by atoms with Crippen LogP contribution in [0.25, 0.3) is 0 Å². The highest BCUT2D eigenvalue weighted by Crippen LogP contribution is 2.00. The predicted octanol–water partition coefficient (Wildman–Crippen LogP) is 3.01. The van der Waals surface area contributed by atoms with Crippen molar-refractivity contribution < 1.29 is 4.79 Å². The number of hydrogen-bond acceptors (Lipinski definition) is 1. The van der Waals surface area contributed by atoms with Gasteiger partial charge in [-0.3, -0.25) is 0 Å². The van der Waals surface area contributed by atoms with E-state index in [9.17, 15) is 4.79 Å². The fourth-order valence-electron chi connectivity index (χ4n) is 1.61. The Balaban J connectivity index is 4.10. The molecule has 3 heteroatoms. The highest BCUT2D eigenvalue weighted by atomic mass is 16.2. The molecule has 0 aromatic heterocycles. The first-order valence-electron chi connectivity index (χ1n) is 6.24. The van der Waals surface area contributed by atoms with E-state index in [0.717, 1.165) is 38.8 Å². The van der Waals surface area contributed by atoms with Crippen LogP contribution in [0.5, 0.6) is 0 Å². The van der Waals surface area contributed by atoms with E-state index in [1.54, 1.807) is 0 Å².